The van der Waals surface area contributed by atoms with Crippen molar-refractivity contribution in [1.29, 1.82) is 0 Å². The van der Waals surface area contributed by atoms with E-state index in [0.29, 0.717) is 24.8 Å². The Labute approximate surface area is 209 Å². The van der Waals surface area contributed by atoms with Gasteiger partial charge in [0.1, 0.15) is 5.75 Å². The summed E-state index contributed by atoms with van der Waals surface area (Å²) in [6.45, 7) is 6.84. The highest BCUT2D eigenvalue weighted by Gasteiger charge is 2.26. The van der Waals surface area contributed by atoms with Crippen molar-refractivity contribution in [3.05, 3.63) is 59.2 Å². The Kier molecular flexibility index (Phi) is 8.46. The molecule has 35 heavy (non-hydrogen) atoms. The minimum Gasteiger partial charge on any atom is -0.496 e. The van der Waals surface area contributed by atoms with Crippen molar-refractivity contribution >= 4 is 15.9 Å². The van der Waals surface area contributed by atoms with E-state index in [2.05, 4.69) is 28.7 Å². The quantitative estimate of drug-likeness (QED) is 0.593. The highest BCUT2D eigenvalue weighted by Crippen LogP contribution is 2.26. The Morgan fingerprint density at radius 3 is 2.43 bits per heavy atom. The molecule has 2 heterocycles. The van der Waals surface area contributed by atoms with Crippen LogP contribution in [0, 0.1) is 5.92 Å². The normalized spacial score (nSPS) is 17.9. The SMILES string of the molecule is COc1ccc(S(=O)(=O)NCc2cccc(CN3CCCCC3)c2)cc1C(=O)N1CCC(C)CC1. The molecule has 4 rings (SSSR count). The largest absolute Gasteiger partial charge is 0.496 e. The predicted molar refractivity (Wildman–Crippen MR) is 137 cm³/mol. The summed E-state index contributed by atoms with van der Waals surface area (Å²) in [4.78, 5) is 17.5. The van der Waals surface area contributed by atoms with Crippen molar-refractivity contribution in [1.82, 2.24) is 14.5 Å². The molecular formula is C27H37N3O4S. The van der Waals surface area contributed by atoms with Crippen LogP contribution >= 0.6 is 0 Å². The van der Waals surface area contributed by atoms with Gasteiger partial charge < -0.3 is 9.64 Å². The summed E-state index contributed by atoms with van der Waals surface area (Å²) in [7, 11) is -2.31. The van der Waals surface area contributed by atoms with Gasteiger partial charge in [0.05, 0.1) is 17.6 Å². The molecule has 7 nitrogen and oxygen atoms in total. The second-order valence-electron chi connectivity index (χ2n) is 9.82. The molecule has 190 valence electrons. The van der Waals surface area contributed by atoms with Crippen LogP contribution in [0.1, 0.15) is 60.5 Å². The monoisotopic (exact) mass is 499 g/mol. The molecule has 8 heteroatoms. The Balaban J connectivity index is 1.45. The molecule has 0 aromatic heterocycles. The van der Waals surface area contributed by atoms with E-state index in [4.69, 9.17) is 4.74 Å². The lowest BCUT2D eigenvalue weighted by molar-refractivity contribution is 0.0693. The van der Waals surface area contributed by atoms with Gasteiger partial charge >= 0.3 is 0 Å². The number of carbonyl (C=O) groups excluding carboxylic acids is 1. The standard InChI is InChI=1S/C27H37N3O4S/c1-21-11-15-30(16-12-21)27(31)25-18-24(9-10-26(25)34-2)35(32,33)28-19-22-7-6-8-23(17-22)20-29-13-4-3-5-14-29/h6-10,17-18,21,28H,3-5,11-16,19-20H2,1-2H3. The maximum absolute atomic E-state index is 13.2. The average molecular weight is 500 g/mol. The van der Waals surface area contributed by atoms with Gasteiger partial charge in [-0.1, -0.05) is 37.6 Å². The number of carbonyl (C=O) groups is 1. The summed E-state index contributed by atoms with van der Waals surface area (Å²) < 4.78 is 34.3. The molecular weight excluding hydrogens is 462 g/mol. The van der Waals surface area contributed by atoms with E-state index < -0.39 is 10.0 Å². The third-order valence-corrected chi connectivity index (χ3v) is 8.49. The molecule has 2 aromatic rings. The van der Waals surface area contributed by atoms with E-state index in [-0.39, 0.29) is 22.9 Å². The molecule has 0 atom stereocenters. The number of ether oxygens (including phenoxy) is 1. The summed E-state index contributed by atoms with van der Waals surface area (Å²) in [6, 6.07) is 12.6. The van der Waals surface area contributed by atoms with Crippen molar-refractivity contribution in [2.24, 2.45) is 5.92 Å². The third kappa shape index (κ3) is 6.63. The fourth-order valence-corrected chi connectivity index (χ4v) is 5.92. The molecule has 2 aliphatic heterocycles. The topological polar surface area (TPSA) is 79.0 Å². The number of likely N-dealkylation sites (tertiary alicyclic amines) is 2. The first-order valence-corrected chi connectivity index (χ1v) is 14.1. The van der Waals surface area contributed by atoms with Gasteiger partial charge in [-0.2, -0.15) is 0 Å². The second-order valence-corrected chi connectivity index (χ2v) is 11.6. The molecule has 2 aliphatic rings. The first-order valence-electron chi connectivity index (χ1n) is 12.6. The lowest BCUT2D eigenvalue weighted by atomic mass is 9.98. The second kappa shape index (κ2) is 11.5. The Morgan fingerprint density at radius 1 is 1.00 bits per heavy atom. The Hall–Kier alpha value is -2.42. The van der Waals surface area contributed by atoms with Crippen LogP contribution in [0.25, 0.3) is 0 Å². The number of methoxy groups -OCH3 is 1. The molecule has 1 amide bonds. The summed E-state index contributed by atoms with van der Waals surface area (Å²) in [5.74, 6) is 0.796. The molecule has 0 saturated carbocycles. The zero-order valence-electron chi connectivity index (χ0n) is 20.8. The van der Waals surface area contributed by atoms with Crippen molar-refractivity contribution in [2.75, 3.05) is 33.3 Å². The van der Waals surface area contributed by atoms with Gasteiger partial charge in [0.2, 0.25) is 10.0 Å². The molecule has 0 bridgehead atoms. The highest BCUT2D eigenvalue weighted by atomic mass is 32.2. The lowest BCUT2D eigenvalue weighted by Gasteiger charge is -2.30. The molecule has 2 aromatic carbocycles. The Bertz CT molecular complexity index is 1120. The average Bonchev–Trinajstić information content (AvgIpc) is 2.88. The van der Waals surface area contributed by atoms with Crippen molar-refractivity contribution < 1.29 is 17.9 Å². The van der Waals surface area contributed by atoms with Gasteiger partial charge in [-0.25, -0.2) is 13.1 Å². The number of sulfonamides is 1. The van der Waals surface area contributed by atoms with Crippen LogP contribution in [-0.4, -0.2) is 57.4 Å². The fraction of sp³-hybridized carbons (Fsp3) is 0.519. The van der Waals surface area contributed by atoms with Crippen LogP contribution in [-0.2, 0) is 23.1 Å². The van der Waals surface area contributed by atoms with Crippen molar-refractivity contribution in [3.8, 4) is 5.75 Å². The predicted octanol–water partition coefficient (Wildman–Crippen LogP) is 4.03. The van der Waals surface area contributed by atoms with Gasteiger partial charge in [0.25, 0.3) is 5.91 Å². The van der Waals surface area contributed by atoms with Crippen molar-refractivity contribution in [3.63, 3.8) is 0 Å². The summed E-state index contributed by atoms with van der Waals surface area (Å²) >= 11 is 0. The molecule has 0 radical (unpaired) electrons. The molecule has 0 spiro atoms. The molecule has 1 N–H and O–H groups in total. The summed E-state index contributed by atoms with van der Waals surface area (Å²) in [5.41, 5.74) is 2.39. The minimum absolute atomic E-state index is 0.0662. The van der Waals surface area contributed by atoms with Gasteiger partial charge in [0, 0.05) is 26.2 Å². The molecule has 0 aliphatic carbocycles. The van der Waals surface area contributed by atoms with Gasteiger partial charge in [0.15, 0.2) is 0 Å². The number of piperidine rings is 2. The Morgan fingerprint density at radius 2 is 1.71 bits per heavy atom. The van der Waals surface area contributed by atoms with Crippen LogP contribution in [0.2, 0.25) is 0 Å². The zero-order chi connectivity index (χ0) is 24.8. The fourth-order valence-electron chi connectivity index (χ4n) is 4.88. The van der Waals surface area contributed by atoms with E-state index in [1.165, 1.54) is 44.1 Å². The van der Waals surface area contributed by atoms with E-state index in [0.717, 1.165) is 38.0 Å². The van der Waals surface area contributed by atoms with Crippen LogP contribution in [0.4, 0.5) is 0 Å². The molecule has 2 saturated heterocycles. The maximum Gasteiger partial charge on any atom is 0.257 e. The van der Waals surface area contributed by atoms with E-state index in [1.807, 2.05) is 12.1 Å². The first kappa shape index (κ1) is 25.7. The first-order chi connectivity index (χ1) is 16.9. The maximum atomic E-state index is 13.2. The number of nitrogens with zero attached hydrogens (tertiary/aromatic N) is 2. The highest BCUT2D eigenvalue weighted by molar-refractivity contribution is 7.89. The molecule has 0 unspecified atom stereocenters. The smallest absolute Gasteiger partial charge is 0.257 e. The van der Waals surface area contributed by atoms with E-state index >= 15 is 0 Å². The number of rotatable bonds is 8. The van der Waals surface area contributed by atoms with E-state index in [1.54, 1.807) is 11.0 Å². The number of hydrogen-bond donors (Lipinski definition) is 1. The van der Waals surface area contributed by atoms with Crippen LogP contribution in [0.3, 0.4) is 0 Å². The lowest BCUT2D eigenvalue weighted by Crippen LogP contribution is -2.38. The van der Waals surface area contributed by atoms with Crippen LogP contribution in [0.15, 0.2) is 47.4 Å². The van der Waals surface area contributed by atoms with Gasteiger partial charge in [-0.05, 0) is 74.0 Å². The number of nitrogens with one attached hydrogen (secondary N) is 1. The van der Waals surface area contributed by atoms with Crippen LogP contribution in [0.5, 0.6) is 5.75 Å². The third-order valence-electron chi connectivity index (χ3n) is 7.10. The summed E-state index contributed by atoms with van der Waals surface area (Å²) in [5, 5.41) is 0. The van der Waals surface area contributed by atoms with Gasteiger partial charge in [-0.3, -0.25) is 9.69 Å². The van der Waals surface area contributed by atoms with E-state index in [9.17, 15) is 13.2 Å². The molecule has 2 fully saturated rings. The summed E-state index contributed by atoms with van der Waals surface area (Å²) in [6.07, 6.45) is 5.68. The number of hydrogen-bond acceptors (Lipinski definition) is 5. The minimum atomic E-state index is -3.81. The van der Waals surface area contributed by atoms with Crippen LogP contribution < -0.4 is 9.46 Å². The number of amides is 1. The zero-order valence-corrected chi connectivity index (χ0v) is 21.6. The van der Waals surface area contributed by atoms with Gasteiger partial charge in [-0.15, -0.1) is 0 Å². The van der Waals surface area contributed by atoms with Crippen molar-refractivity contribution in [2.45, 2.75) is 57.0 Å². The number of benzene rings is 2.